The van der Waals surface area contributed by atoms with Gasteiger partial charge in [-0.3, -0.25) is 14.2 Å². The van der Waals surface area contributed by atoms with E-state index in [0.717, 1.165) is 22.6 Å². The summed E-state index contributed by atoms with van der Waals surface area (Å²) in [6, 6.07) is 13.4. The van der Waals surface area contributed by atoms with Crippen molar-refractivity contribution >= 4 is 17.2 Å². The van der Waals surface area contributed by atoms with Gasteiger partial charge in [0.2, 0.25) is 0 Å². The second-order valence-corrected chi connectivity index (χ2v) is 7.25. The Hall–Kier alpha value is -3.39. The summed E-state index contributed by atoms with van der Waals surface area (Å²) in [6.07, 6.45) is 1.92. The highest BCUT2D eigenvalue weighted by Crippen LogP contribution is 2.28. The van der Waals surface area contributed by atoms with Gasteiger partial charge in [-0.05, 0) is 35.7 Å². The third-order valence-electron chi connectivity index (χ3n) is 4.58. The van der Waals surface area contributed by atoms with Gasteiger partial charge in [-0.1, -0.05) is 12.1 Å². The number of carbonyl (C=O) groups is 1. The lowest BCUT2D eigenvalue weighted by Crippen LogP contribution is -2.29. The number of methoxy groups -OCH3 is 1. The van der Waals surface area contributed by atoms with Crippen LogP contribution in [0.4, 0.5) is 0 Å². The van der Waals surface area contributed by atoms with Gasteiger partial charge in [-0.25, -0.2) is 0 Å². The van der Waals surface area contributed by atoms with Crippen molar-refractivity contribution in [2.75, 3.05) is 13.7 Å². The van der Waals surface area contributed by atoms with E-state index in [1.165, 1.54) is 0 Å². The molecule has 0 bridgehead atoms. The van der Waals surface area contributed by atoms with Gasteiger partial charge in [-0.2, -0.15) is 21.5 Å². The molecule has 4 rings (SSSR count). The van der Waals surface area contributed by atoms with Crippen LogP contribution in [0.1, 0.15) is 10.5 Å². The molecule has 0 fully saturated rings. The van der Waals surface area contributed by atoms with E-state index in [1.807, 2.05) is 52.7 Å². The number of hydrogen-bond acceptors (Lipinski definition) is 5. The molecule has 7 nitrogen and oxygen atoms in total. The summed E-state index contributed by atoms with van der Waals surface area (Å²) >= 11 is 1.64. The molecule has 0 atom stereocenters. The number of nitrogens with zero attached hydrogens (tertiary/aromatic N) is 4. The normalized spacial score (nSPS) is 10.8. The monoisotopic (exact) mass is 407 g/mol. The molecule has 1 N–H and O–H groups in total. The first kappa shape index (κ1) is 18.9. The first-order chi connectivity index (χ1) is 14.2. The molecule has 0 saturated heterocycles. The van der Waals surface area contributed by atoms with Crippen LogP contribution < -0.4 is 10.1 Å². The number of para-hydroxylation sites is 1. The van der Waals surface area contributed by atoms with Crippen LogP contribution in [0, 0.1) is 0 Å². The molecule has 8 heteroatoms. The third-order valence-corrected chi connectivity index (χ3v) is 5.26. The van der Waals surface area contributed by atoms with Gasteiger partial charge in [0.25, 0.3) is 5.91 Å². The maximum atomic E-state index is 12.6. The quantitative estimate of drug-likeness (QED) is 0.509. The van der Waals surface area contributed by atoms with Crippen LogP contribution in [0.15, 0.2) is 59.4 Å². The Labute approximate surface area is 172 Å². The zero-order chi connectivity index (χ0) is 20.2. The number of rotatable bonds is 7. The van der Waals surface area contributed by atoms with Gasteiger partial charge in [0.05, 0.1) is 25.0 Å². The first-order valence-corrected chi connectivity index (χ1v) is 10.1. The molecular formula is C21H21N5O2S. The predicted molar refractivity (Wildman–Crippen MR) is 113 cm³/mol. The fraction of sp³-hybridized carbons (Fsp3) is 0.190. The fourth-order valence-electron chi connectivity index (χ4n) is 3.09. The number of amides is 1. The van der Waals surface area contributed by atoms with Crippen molar-refractivity contribution in [3.8, 4) is 28.3 Å². The van der Waals surface area contributed by atoms with Crippen molar-refractivity contribution in [2.45, 2.75) is 6.54 Å². The first-order valence-electron chi connectivity index (χ1n) is 9.17. The molecule has 1 aromatic carbocycles. The van der Waals surface area contributed by atoms with E-state index >= 15 is 0 Å². The Morgan fingerprint density at radius 3 is 2.83 bits per heavy atom. The average Bonchev–Trinajstić information content (AvgIpc) is 3.48. The van der Waals surface area contributed by atoms with Gasteiger partial charge in [0.1, 0.15) is 11.4 Å². The molecule has 148 valence electrons. The van der Waals surface area contributed by atoms with Gasteiger partial charge in [0, 0.05) is 36.3 Å². The fourth-order valence-corrected chi connectivity index (χ4v) is 3.74. The van der Waals surface area contributed by atoms with E-state index < -0.39 is 0 Å². The molecule has 0 saturated carbocycles. The van der Waals surface area contributed by atoms with Gasteiger partial charge < -0.3 is 10.1 Å². The number of aromatic nitrogens is 4. The molecule has 3 aromatic heterocycles. The molecule has 4 aromatic rings. The van der Waals surface area contributed by atoms with E-state index in [4.69, 9.17) is 4.74 Å². The highest BCUT2D eigenvalue weighted by molar-refractivity contribution is 7.08. The van der Waals surface area contributed by atoms with Gasteiger partial charge in [-0.15, -0.1) is 0 Å². The van der Waals surface area contributed by atoms with Crippen LogP contribution in [0.3, 0.4) is 0 Å². The predicted octanol–water partition coefficient (Wildman–Crippen LogP) is 3.45. The summed E-state index contributed by atoms with van der Waals surface area (Å²) in [5.41, 5.74) is 4.08. The molecule has 3 heterocycles. The highest BCUT2D eigenvalue weighted by atomic mass is 32.1. The number of thiophene rings is 1. The lowest BCUT2D eigenvalue weighted by molar-refractivity contribution is 0.0942. The third kappa shape index (κ3) is 4.07. The Morgan fingerprint density at radius 1 is 1.17 bits per heavy atom. The highest BCUT2D eigenvalue weighted by Gasteiger charge is 2.16. The van der Waals surface area contributed by atoms with Gasteiger partial charge >= 0.3 is 0 Å². The molecule has 1 amide bonds. The van der Waals surface area contributed by atoms with Crippen LogP contribution in [0.2, 0.25) is 0 Å². The number of benzene rings is 1. The lowest BCUT2D eigenvalue weighted by atomic mass is 10.1. The zero-order valence-corrected chi connectivity index (χ0v) is 17.0. The van der Waals surface area contributed by atoms with E-state index in [0.29, 0.717) is 24.5 Å². The van der Waals surface area contributed by atoms with E-state index in [1.54, 1.807) is 36.2 Å². The van der Waals surface area contributed by atoms with Crippen molar-refractivity contribution in [2.24, 2.45) is 7.05 Å². The average molecular weight is 407 g/mol. The molecule has 0 aliphatic rings. The van der Waals surface area contributed by atoms with Crippen LogP contribution >= 0.6 is 11.3 Å². The molecule has 0 radical (unpaired) electrons. The minimum atomic E-state index is -0.175. The second-order valence-electron chi connectivity index (χ2n) is 6.47. The minimum Gasteiger partial charge on any atom is -0.496 e. The largest absolute Gasteiger partial charge is 0.496 e. The molecular weight excluding hydrogens is 386 g/mol. The molecule has 0 unspecified atom stereocenters. The molecule has 29 heavy (non-hydrogen) atoms. The summed E-state index contributed by atoms with van der Waals surface area (Å²) in [5, 5.41) is 16.0. The summed E-state index contributed by atoms with van der Waals surface area (Å²) < 4.78 is 8.81. The van der Waals surface area contributed by atoms with E-state index in [-0.39, 0.29) is 5.91 Å². The topological polar surface area (TPSA) is 74.0 Å². The van der Waals surface area contributed by atoms with Crippen molar-refractivity contribution in [3.05, 3.63) is 65.1 Å². The number of nitrogens with one attached hydrogen (secondary N) is 1. The maximum absolute atomic E-state index is 12.6. The van der Waals surface area contributed by atoms with Crippen molar-refractivity contribution in [1.82, 2.24) is 24.9 Å². The van der Waals surface area contributed by atoms with E-state index in [9.17, 15) is 4.79 Å². The summed E-state index contributed by atoms with van der Waals surface area (Å²) in [4.78, 5) is 12.6. The lowest BCUT2D eigenvalue weighted by Gasteiger charge is -2.05. The van der Waals surface area contributed by atoms with Crippen LogP contribution in [-0.2, 0) is 13.6 Å². The van der Waals surface area contributed by atoms with Crippen molar-refractivity contribution in [1.29, 1.82) is 0 Å². The summed E-state index contributed by atoms with van der Waals surface area (Å²) in [6.45, 7) is 1.06. The Morgan fingerprint density at radius 2 is 2.03 bits per heavy atom. The number of ether oxygens (including phenoxy) is 1. The standard InChI is InChI=1S/C21H21N5O2S/c1-25-19(13-18(23-25)16-5-3-4-6-20(16)28-2)21(27)22-9-11-26-10-7-17(24-26)15-8-12-29-14-15/h3-8,10,12-14H,9,11H2,1-2H3,(H,22,27). The molecule has 0 aliphatic heterocycles. The number of aryl methyl sites for hydroxylation is 1. The Kier molecular flexibility index (Phi) is 5.44. The minimum absolute atomic E-state index is 0.175. The van der Waals surface area contributed by atoms with Crippen molar-refractivity contribution < 1.29 is 9.53 Å². The molecule has 0 aliphatic carbocycles. The molecule has 0 spiro atoms. The Balaban J connectivity index is 1.40. The summed E-state index contributed by atoms with van der Waals surface area (Å²) in [7, 11) is 3.38. The van der Waals surface area contributed by atoms with Gasteiger partial charge in [0.15, 0.2) is 0 Å². The van der Waals surface area contributed by atoms with Crippen LogP contribution in [0.25, 0.3) is 22.5 Å². The van der Waals surface area contributed by atoms with Crippen LogP contribution in [0.5, 0.6) is 5.75 Å². The second kappa shape index (κ2) is 8.32. The van der Waals surface area contributed by atoms with E-state index in [2.05, 4.69) is 20.9 Å². The smallest absolute Gasteiger partial charge is 0.269 e. The zero-order valence-electron chi connectivity index (χ0n) is 16.2. The number of carbonyl (C=O) groups excluding carboxylic acids is 1. The summed E-state index contributed by atoms with van der Waals surface area (Å²) in [5.74, 6) is 0.545. The SMILES string of the molecule is COc1ccccc1-c1cc(C(=O)NCCn2ccc(-c3ccsc3)n2)n(C)n1. The van der Waals surface area contributed by atoms with Crippen LogP contribution in [-0.4, -0.2) is 39.1 Å². The van der Waals surface area contributed by atoms with Crippen molar-refractivity contribution in [3.63, 3.8) is 0 Å². The number of hydrogen-bond donors (Lipinski definition) is 1. The maximum Gasteiger partial charge on any atom is 0.269 e. The Bertz CT molecular complexity index is 1110.